The summed E-state index contributed by atoms with van der Waals surface area (Å²) in [6.45, 7) is 1.11. The topological polar surface area (TPSA) is 37.8 Å². The molecule has 2 fully saturated rings. The van der Waals surface area contributed by atoms with E-state index in [2.05, 4.69) is 15.3 Å². The predicted octanol–water partition coefficient (Wildman–Crippen LogP) is 2.17. The van der Waals surface area contributed by atoms with Crippen LogP contribution in [0.3, 0.4) is 0 Å². The van der Waals surface area contributed by atoms with Crippen molar-refractivity contribution < 1.29 is 0 Å². The Morgan fingerprint density at radius 1 is 1.07 bits per heavy atom. The maximum Gasteiger partial charge on any atom is 0.145 e. The highest BCUT2D eigenvalue weighted by atomic mass is 15.0. The van der Waals surface area contributed by atoms with Gasteiger partial charge in [0, 0.05) is 12.4 Å². The highest BCUT2D eigenvalue weighted by Crippen LogP contribution is 2.39. The molecule has 1 saturated carbocycles. The molecule has 1 atom stereocenters. The van der Waals surface area contributed by atoms with E-state index >= 15 is 0 Å². The zero-order valence-corrected chi connectivity index (χ0v) is 8.95. The molecule has 15 heavy (non-hydrogen) atoms. The van der Waals surface area contributed by atoms with Crippen molar-refractivity contribution in [3.8, 4) is 0 Å². The Kier molecular flexibility index (Phi) is 2.41. The summed E-state index contributed by atoms with van der Waals surface area (Å²) in [5.41, 5.74) is 1.33. The molecular weight excluding hydrogens is 186 g/mol. The van der Waals surface area contributed by atoms with E-state index < -0.39 is 0 Å². The first-order chi connectivity index (χ1) is 7.43. The second kappa shape index (κ2) is 3.89. The van der Waals surface area contributed by atoms with E-state index in [0.717, 1.165) is 18.3 Å². The van der Waals surface area contributed by atoms with E-state index in [1.807, 2.05) is 12.4 Å². The molecule has 3 nitrogen and oxygen atoms in total. The summed E-state index contributed by atoms with van der Waals surface area (Å²) in [4.78, 5) is 8.98. The Balaban J connectivity index is 1.73. The van der Waals surface area contributed by atoms with Crippen LogP contribution in [-0.4, -0.2) is 16.5 Å². The summed E-state index contributed by atoms with van der Waals surface area (Å²) in [7, 11) is 0. The molecule has 1 N–H and O–H groups in total. The summed E-state index contributed by atoms with van der Waals surface area (Å²) < 4.78 is 0. The molecule has 1 saturated heterocycles. The van der Waals surface area contributed by atoms with Gasteiger partial charge in [0.1, 0.15) is 5.82 Å². The van der Waals surface area contributed by atoms with Gasteiger partial charge in [0.25, 0.3) is 0 Å². The van der Waals surface area contributed by atoms with E-state index in [9.17, 15) is 0 Å². The van der Waals surface area contributed by atoms with Crippen LogP contribution in [0, 0.1) is 0 Å². The Bertz CT molecular complexity index is 323. The average Bonchev–Trinajstić information content (AvgIpc) is 3.15. The Hall–Kier alpha value is -0.960. The van der Waals surface area contributed by atoms with Gasteiger partial charge in [-0.3, -0.25) is 0 Å². The predicted molar refractivity (Wildman–Crippen MR) is 58.6 cm³/mol. The Morgan fingerprint density at radius 2 is 1.87 bits per heavy atom. The normalized spacial score (nSPS) is 26.5. The van der Waals surface area contributed by atoms with Gasteiger partial charge in [0.05, 0.1) is 6.04 Å². The molecular formula is C12H17N3. The molecule has 0 spiro atoms. The van der Waals surface area contributed by atoms with Crippen LogP contribution in [0.4, 0.5) is 0 Å². The summed E-state index contributed by atoms with van der Waals surface area (Å²) in [5.74, 6) is 1.75. The van der Waals surface area contributed by atoms with Crippen LogP contribution in [0.5, 0.6) is 0 Å². The van der Waals surface area contributed by atoms with E-state index in [0.29, 0.717) is 6.04 Å². The van der Waals surface area contributed by atoms with Crippen LogP contribution in [0.1, 0.15) is 55.5 Å². The maximum atomic E-state index is 4.49. The lowest BCUT2D eigenvalue weighted by Gasteiger charge is -2.21. The van der Waals surface area contributed by atoms with Gasteiger partial charge in [-0.2, -0.15) is 0 Å². The molecule has 3 heteroatoms. The lowest BCUT2D eigenvalue weighted by molar-refractivity contribution is 0.397. The molecule has 1 aromatic rings. The van der Waals surface area contributed by atoms with Crippen molar-refractivity contribution in [2.75, 3.05) is 6.54 Å². The number of nitrogens with zero attached hydrogens (tertiary/aromatic N) is 2. The van der Waals surface area contributed by atoms with Crippen LogP contribution in [0.15, 0.2) is 12.4 Å². The van der Waals surface area contributed by atoms with Crippen molar-refractivity contribution in [1.29, 1.82) is 0 Å². The largest absolute Gasteiger partial charge is 0.307 e. The van der Waals surface area contributed by atoms with E-state index in [4.69, 9.17) is 0 Å². The molecule has 0 amide bonds. The Morgan fingerprint density at radius 3 is 2.47 bits per heavy atom. The van der Waals surface area contributed by atoms with Gasteiger partial charge >= 0.3 is 0 Å². The minimum atomic E-state index is 0.395. The highest BCUT2D eigenvalue weighted by molar-refractivity contribution is 5.17. The monoisotopic (exact) mass is 203 g/mol. The van der Waals surface area contributed by atoms with Crippen LogP contribution < -0.4 is 5.32 Å². The van der Waals surface area contributed by atoms with Crippen molar-refractivity contribution in [3.63, 3.8) is 0 Å². The molecule has 1 aliphatic heterocycles. The summed E-state index contributed by atoms with van der Waals surface area (Å²) in [6.07, 6.45) is 10.5. The van der Waals surface area contributed by atoms with Gasteiger partial charge < -0.3 is 5.32 Å². The fraction of sp³-hybridized carbons (Fsp3) is 0.667. The highest BCUT2D eigenvalue weighted by Gasteiger charge is 2.25. The Labute approximate surface area is 90.3 Å². The summed E-state index contributed by atoms with van der Waals surface area (Å²) >= 11 is 0. The molecule has 1 aromatic heterocycles. The number of hydrogen-bond acceptors (Lipinski definition) is 3. The molecule has 2 heterocycles. The molecule has 1 aliphatic carbocycles. The molecule has 1 unspecified atom stereocenters. The number of nitrogens with one attached hydrogen (secondary N) is 1. The molecule has 0 bridgehead atoms. The first kappa shape index (κ1) is 9.28. The van der Waals surface area contributed by atoms with Crippen molar-refractivity contribution in [2.45, 2.75) is 44.1 Å². The molecule has 80 valence electrons. The second-order valence-electron chi connectivity index (χ2n) is 4.65. The smallest absolute Gasteiger partial charge is 0.145 e. The van der Waals surface area contributed by atoms with E-state index in [-0.39, 0.29) is 0 Å². The van der Waals surface area contributed by atoms with Gasteiger partial charge in [-0.15, -0.1) is 0 Å². The number of rotatable bonds is 2. The number of piperidine rings is 1. The van der Waals surface area contributed by atoms with Gasteiger partial charge in [-0.1, -0.05) is 6.42 Å². The van der Waals surface area contributed by atoms with E-state index in [1.54, 1.807) is 0 Å². The third-order valence-electron chi connectivity index (χ3n) is 3.36. The third-order valence-corrected chi connectivity index (χ3v) is 3.36. The van der Waals surface area contributed by atoms with Crippen molar-refractivity contribution in [3.05, 3.63) is 23.8 Å². The maximum absolute atomic E-state index is 4.49. The van der Waals surface area contributed by atoms with Gasteiger partial charge in [-0.25, -0.2) is 9.97 Å². The van der Waals surface area contributed by atoms with Crippen LogP contribution in [0.25, 0.3) is 0 Å². The first-order valence-electron chi connectivity index (χ1n) is 5.99. The molecule has 3 rings (SSSR count). The summed E-state index contributed by atoms with van der Waals surface area (Å²) in [6, 6.07) is 0.395. The standard InChI is InChI=1S/C12H17N3/c1-2-6-13-11(3-1)12-14-7-10(8-15-12)9-4-5-9/h7-9,11,13H,1-6H2. The fourth-order valence-electron chi connectivity index (χ4n) is 2.23. The average molecular weight is 203 g/mol. The van der Waals surface area contributed by atoms with Crippen LogP contribution in [0.2, 0.25) is 0 Å². The molecule has 0 aromatic carbocycles. The van der Waals surface area contributed by atoms with Crippen LogP contribution >= 0.6 is 0 Å². The first-order valence-corrected chi connectivity index (χ1v) is 5.99. The lowest BCUT2D eigenvalue weighted by Crippen LogP contribution is -2.28. The van der Waals surface area contributed by atoms with E-state index in [1.165, 1.54) is 37.7 Å². The van der Waals surface area contributed by atoms with Crippen LogP contribution in [-0.2, 0) is 0 Å². The second-order valence-corrected chi connectivity index (χ2v) is 4.65. The number of aromatic nitrogens is 2. The summed E-state index contributed by atoms with van der Waals surface area (Å²) in [5, 5.41) is 3.47. The van der Waals surface area contributed by atoms with Crippen molar-refractivity contribution in [1.82, 2.24) is 15.3 Å². The third kappa shape index (κ3) is 2.02. The number of hydrogen-bond donors (Lipinski definition) is 1. The van der Waals surface area contributed by atoms with Crippen molar-refractivity contribution in [2.24, 2.45) is 0 Å². The zero-order chi connectivity index (χ0) is 10.1. The lowest BCUT2D eigenvalue weighted by atomic mass is 10.0. The van der Waals surface area contributed by atoms with Gasteiger partial charge in [-0.05, 0) is 43.7 Å². The minimum Gasteiger partial charge on any atom is -0.307 e. The minimum absolute atomic E-state index is 0.395. The quantitative estimate of drug-likeness (QED) is 0.800. The molecule has 2 aliphatic rings. The zero-order valence-electron chi connectivity index (χ0n) is 8.95. The van der Waals surface area contributed by atoms with Gasteiger partial charge in [0.15, 0.2) is 0 Å². The fourth-order valence-corrected chi connectivity index (χ4v) is 2.23. The van der Waals surface area contributed by atoms with Gasteiger partial charge in [0.2, 0.25) is 0 Å². The molecule has 0 radical (unpaired) electrons. The SMILES string of the molecule is c1nc(C2CCCCN2)ncc1C1CC1. The van der Waals surface area contributed by atoms with Crippen molar-refractivity contribution >= 4 is 0 Å².